The summed E-state index contributed by atoms with van der Waals surface area (Å²) in [6.07, 6.45) is 1.12. The van der Waals surface area contributed by atoms with Gasteiger partial charge in [-0.05, 0) is 31.0 Å². The van der Waals surface area contributed by atoms with Gasteiger partial charge < -0.3 is 19.7 Å². The van der Waals surface area contributed by atoms with Crippen LogP contribution in [0.15, 0.2) is 18.2 Å². The molecule has 1 unspecified atom stereocenters. The van der Waals surface area contributed by atoms with Crippen LogP contribution in [-0.4, -0.2) is 46.0 Å². The summed E-state index contributed by atoms with van der Waals surface area (Å²) in [6, 6.07) is 6.49. The maximum absolute atomic E-state index is 6.09. The minimum absolute atomic E-state index is 0.548. The topological polar surface area (TPSA) is 33.7 Å². The first-order valence-electron chi connectivity index (χ1n) is 7.60. The van der Waals surface area contributed by atoms with Crippen LogP contribution in [0.5, 0.6) is 5.75 Å². The van der Waals surface area contributed by atoms with Gasteiger partial charge in [0.15, 0.2) is 0 Å². The van der Waals surface area contributed by atoms with E-state index in [4.69, 9.17) is 9.47 Å². The van der Waals surface area contributed by atoms with Crippen LogP contribution in [0.3, 0.4) is 0 Å². The van der Waals surface area contributed by atoms with Crippen LogP contribution in [0.1, 0.15) is 12.0 Å². The highest BCUT2D eigenvalue weighted by atomic mass is 16.5. The van der Waals surface area contributed by atoms with Crippen molar-refractivity contribution in [2.45, 2.75) is 13.3 Å². The first-order valence-corrected chi connectivity index (χ1v) is 7.60. The van der Waals surface area contributed by atoms with Crippen molar-refractivity contribution < 1.29 is 9.47 Å². The fourth-order valence-corrected chi connectivity index (χ4v) is 2.82. The Morgan fingerprint density at radius 1 is 1.35 bits per heavy atom. The van der Waals surface area contributed by atoms with Crippen molar-refractivity contribution in [2.24, 2.45) is 5.92 Å². The average Bonchev–Trinajstić information content (AvgIpc) is 3.00. The van der Waals surface area contributed by atoms with Gasteiger partial charge in [-0.3, -0.25) is 0 Å². The van der Waals surface area contributed by atoms with E-state index >= 15 is 0 Å². The van der Waals surface area contributed by atoms with Crippen LogP contribution in [0.25, 0.3) is 0 Å². The molecule has 3 rings (SSSR count). The van der Waals surface area contributed by atoms with Gasteiger partial charge in [-0.15, -0.1) is 0 Å². The molecule has 2 saturated heterocycles. The van der Waals surface area contributed by atoms with E-state index in [0.29, 0.717) is 5.92 Å². The van der Waals surface area contributed by atoms with Crippen LogP contribution in [0, 0.1) is 12.8 Å². The molecule has 2 fully saturated rings. The number of piperazine rings is 1. The van der Waals surface area contributed by atoms with Gasteiger partial charge in [0.1, 0.15) is 5.75 Å². The second-order valence-corrected chi connectivity index (χ2v) is 5.75. The van der Waals surface area contributed by atoms with Crippen molar-refractivity contribution >= 4 is 5.69 Å². The third-order valence-corrected chi connectivity index (χ3v) is 4.07. The number of benzene rings is 1. The zero-order valence-electron chi connectivity index (χ0n) is 12.2. The molecule has 0 saturated carbocycles. The number of hydrogen-bond donors (Lipinski definition) is 1. The van der Waals surface area contributed by atoms with Crippen LogP contribution < -0.4 is 15.0 Å². The van der Waals surface area contributed by atoms with Gasteiger partial charge in [-0.25, -0.2) is 0 Å². The lowest BCUT2D eigenvalue weighted by Crippen LogP contribution is -2.43. The predicted molar refractivity (Wildman–Crippen MR) is 80.7 cm³/mol. The van der Waals surface area contributed by atoms with Crippen LogP contribution in [-0.2, 0) is 4.74 Å². The molecule has 0 bridgehead atoms. The predicted octanol–water partition coefficient (Wildman–Crippen LogP) is 1.82. The number of nitrogens with one attached hydrogen (secondary N) is 1. The minimum atomic E-state index is 0.548. The average molecular weight is 276 g/mol. The lowest BCUT2D eigenvalue weighted by Gasteiger charge is -2.31. The van der Waals surface area contributed by atoms with Gasteiger partial charge in [0, 0.05) is 38.7 Å². The second-order valence-electron chi connectivity index (χ2n) is 5.75. The number of hydrogen-bond acceptors (Lipinski definition) is 4. The van der Waals surface area contributed by atoms with Gasteiger partial charge in [0.2, 0.25) is 0 Å². The molecule has 1 aromatic rings. The molecule has 0 spiro atoms. The first kappa shape index (κ1) is 13.7. The van der Waals surface area contributed by atoms with E-state index in [1.807, 2.05) is 0 Å². The highest BCUT2D eigenvalue weighted by molar-refractivity contribution is 5.60. The van der Waals surface area contributed by atoms with Gasteiger partial charge in [-0.1, -0.05) is 6.07 Å². The molecule has 20 heavy (non-hydrogen) atoms. The van der Waals surface area contributed by atoms with E-state index < -0.39 is 0 Å². The molecule has 4 nitrogen and oxygen atoms in total. The van der Waals surface area contributed by atoms with E-state index in [9.17, 15) is 0 Å². The number of aryl methyl sites for hydroxylation is 1. The van der Waals surface area contributed by atoms with Crippen molar-refractivity contribution in [3.05, 3.63) is 23.8 Å². The molecule has 2 aliphatic heterocycles. The van der Waals surface area contributed by atoms with E-state index in [1.165, 1.54) is 11.3 Å². The van der Waals surface area contributed by atoms with Gasteiger partial charge in [-0.2, -0.15) is 0 Å². The number of anilines is 1. The summed E-state index contributed by atoms with van der Waals surface area (Å²) < 4.78 is 11.5. The zero-order chi connectivity index (χ0) is 13.8. The van der Waals surface area contributed by atoms with E-state index in [-0.39, 0.29) is 0 Å². The first-order chi connectivity index (χ1) is 9.83. The van der Waals surface area contributed by atoms with Crippen molar-refractivity contribution in [3.8, 4) is 5.75 Å². The third kappa shape index (κ3) is 3.25. The summed E-state index contributed by atoms with van der Waals surface area (Å²) >= 11 is 0. The standard InChI is InChI=1S/C16H24N2O2/c1-13-2-3-16(20-12-14-4-9-19-11-14)15(10-13)18-7-5-17-6-8-18/h2-3,10,14,17H,4-9,11-12H2,1H3. The molecular weight excluding hydrogens is 252 g/mol. The van der Waals surface area contributed by atoms with Crippen LogP contribution >= 0.6 is 0 Å². The Labute approximate surface area is 121 Å². The fraction of sp³-hybridized carbons (Fsp3) is 0.625. The largest absolute Gasteiger partial charge is 0.491 e. The van der Waals surface area contributed by atoms with Crippen LogP contribution in [0.4, 0.5) is 5.69 Å². The molecule has 0 amide bonds. The maximum Gasteiger partial charge on any atom is 0.142 e. The van der Waals surface area contributed by atoms with Gasteiger partial charge >= 0.3 is 0 Å². The molecular formula is C16H24N2O2. The Hall–Kier alpha value is -1.26. The minimum Gasteiger partial charge on any atom is -0.491 e. The molecule has 4 heteroatoms. The monoisotopic (exact) mass is 276 g/mol. The van der Waals surface area contributed by atoms with Crippen molar-refractivity contribution in [1.29, 1.82) is 0 Å². The smallest absolute Gasteiger partial charge is 0.142 e. The summed E-state index contributed by atoms with van der Waals surface area (Å²) in [5, 5.41) is 3.40. The summed E-state index contributed by atoms with van der Waals surface area (Å²) in [7, 11) is 0. The Morgan fingerprint density at radius 2 is 2.20 bits per heavy atom. The number of rotatable bonds is 4. The van der Waals surface area contributed by atoms with Gasteiger partial charge in [0.25, 0.3) is 0 Å². The highest BCUT2D eigenvalue weighted by Crippen LogP contribution is 2.30. The number of ether oxygens (including phenoxy) is 2. The SMILES string of the molecule is Cc1ccc(OCC2CCOC2)c(N2CCNCC2)c1. The third-order valence-electron chi connectivity index (χ3n) is 4.07. The van der Waals surface area contributed by atoms with Gasteiger partial charge in [0.05, 0.1) is 18.9 Å². The Morgan fingerprint density at radius 3 is 2.95 bits per heavy atom. The Balaban J connectivity index is 1.71. The quantitative estimate of drug-likeness (QED) is 0.909. The molecule has 2 heterocycles. The van der Waals surface area contributed by atoms with Crippen molar-refractivity contribution in [2.75, 3.05) is 50.9 Å². The lowest BCUT2D eigenvalue weighted by molar-refractivity contribution is 0.167. The molecule has 0 aliphatic carbocycles. The second kappa shape index (κ2) is 6.46. The summed E-state index contributed by atoms with van der Waals surface area (Å²) in [5.74, 6) is 1.57. The van der Waals surface area contributed by atoms with Crippen molar-refractivity contribution in [1.82, 2.24) is 5.32 Å². The molecule has 110 valence electrons. The normalized spacial score (nSPS) is 23.1. The van der Waals surface area contributed by atoms with Crippen LogP contribution in [0.2, 0.25) is 0 Å². The fourth-order valence-electron chi connectivity index (χ4n) is 2.82. The van der Waals surface area contributed by atoms with E-state index in [1.54, 1.807) is 0 Å². The lowest BCUT2D eigenvalue weighted by atomic mass is 10.1. The van der Waals surface area contributed by atoms with Crippen molar-refractivity contribution in [3.63, 3.8) is 0 Å². The van der Waals surface area contributed by atoms with E-state index in [2.05, 4.69) is 35.3 Å². The summed E-state index contributed by atoms with van der Waals surface area (Å²) in [5.41, 5.74) is 2.53. The number of nitrogens with zero attached hydrogens (tertiary/aromatic N) is 1. The summed E-state index contributed by atoms with van der Waals surface area (Å²) in [6.45, 7) is 8.82. The molecule has 0 aromatic heterocycles. The summed E-state index contributed by atoms with van der Waals surface area (Å²) in [4.78, 5) is 2.42. The molecule has 1 aromatic carbocycles. The highest BCUT2D eigenvalue weighted by Gasteiger charge is 2.19. The molecule has 2 aliphatic rings. The molecule has 1 atom stereocenters. The Bertz CT molecular complexity index is 438. The zero-order valence-corrected chi connectivity index (χ0v) is 12.2. The molecule has 0 radical (unpaired) electrons. The van der Waals surface area contributed by atoms with E-state index in [0.717, 1.165) is 58.2 Å². The Kier molecular flexibility index (Phi) is 4.43. The molecule has 1 N–H and O–H groups in total. The maximum atomic E-state index is 6.09.